The van der Waals surface area contributed by atoms with Crippen molar-refractivity contribution in [1.82, 2.24) is 4.90 Å². The average Bonchev–Trinajstić information content (AvgIpc) is 2.67. The van der Waals surface area contributed by atoms with Crippen LogP contribution < -0.4 is 0 Å². The molecule has 4 heteroatoms. The van der Waals surface area contributed by atoms with Gasteiger partial charge in [0, 0.05) is 26.1 Å². The molecule has 0 saturated heterocycles. The lowest BCUT2D eigenvalue weighted by Gasteiger charge is -2.31. The lowest BCUT2D eigenvalue weighted by atomic mass is 9.95. The Morgan fingerprint density at radius 1 is 1.15 bits per heavy atom. The number of aliphatic carboxylic acids is 1. The van der Waals surface area contributed by atoms with E-state index in [1.807, 2.05) is 18.2 Å². The quantitative estimate of drug-likeness (QED) is 0.730. The first-order chi connectivity index (χ1) is 13.1. The maximum absolute atomic E-state index is 10.7. The van der Waals surface area contributed by atoms with Crippen molar-refractivity contribution in [3.63, 3.8) is 0 Å². The first kappa shape index (κ1) is 19.6. The molecule has 0 aromatic heterocycles. The largest absolute Gasteiger partial charge is 0.481 e. The van der Waals surface area contributed by atoms with Crippen LogP contribution in [0.15, 0.2) is 48.5 Å². The van der Waals surface area contributed by atoms with Crippen molar-refractivity contribution in [3.05, 3.63) is 70.8 Å². The van der Waals surface area contributed by atoms with Gasteiger partial charge >= 0.3 is 5.97 Å². The molecule has 2 aromatic rings. The second-order valence-corrected chi connectivity index (χ2v) is 7.59. The lowest BCUT2D eigenvalue weighted by molar-refractivity contribution is -0.136. The summed E-state index contributed by atoms with van der Waals surface area (Å²) in [4.78, 5) is 13.2. The number of benzene rings is 2. The zero-order chi connectivity index (χ0) is 19.1. The van der Waals surface area contributed by atoms with E-state index in [4.69, 9.17) is 9.84 Å². The fourth-order valence-electron chi connectivity index (χ4n) is 3.67. The van der Waals surface area contributed by atoms with Crippen LogP contribution in [0, 0.1) is 5.92 Å². The fourth-order valence-corrected chi connectivity index (χ4v) is 3.67. The summed E-state index contributed by atoms with van der Waals surface area (Å²) in [7, 11) is 0. The van der Waals surface area contributed by atoms with E-state index in [9.17, 15) is 4.79 Å². The normalized spacial score (nSPS) is 15.3. The Morgan fingerprint density at radius 3 is 2.74 bits per heavy atom. The van der Waals surface area contributed by atoms with Gasteiger partial charge < -0.3 is 9.84 Å². The maximum Gasteiger partial charge on any atom is 0.303 e. The molecule has 0 fully saturated rings. The third kappa shape index (κ3) is 6.19. The third-order valence-electron chi connectivity index (χ3n) is 5.07. The number of nitrogens with zero attached hydrogens (tertiary/aromatic N) is 1. The van der Waals surface area contributed by atoms with E-state index in [2.05, 4.69) is 42.2 Å². The molecule has 3 rings (SSSR count). The molecule has 144 valence electrons. The van der Waals surface area contributed by atoms with Crippen molar-refractivity contribution < 1.29 is 14.6 Å². The minimum atomic E-state index is -0.734. The molecule has 0 amide bonds. The lowest BCUT2D eigenvalue weighted by Crippen LogP contribution is -2.35. The highest BCUT2D eigenvalue weighted by Crippen LogP contribution is 2.22. The first-order valence-corrected chi connectivity index (χ1v) is 9.76. The van der Waals surface area contributed by atoms with Gasteiger partial charge in [-0.1, -0.05) is 55.5 Å². The van der Waals surface area contributed by atoms with Crippen molar-refractivity contribution in [2.45, 2.75) is 39.3 Å². The van der Waals surface area contributed by atoms with Gasteiger partial charge in [-0.2, -0.15) is 0 Å². The van der Waals surface area contributed by atoms with Crippen LogP contribution in [0.25, 0.3) is 0 Å². The van der Waals surface area contributed by atoms with Crippen LogP contribution in [0.1, 0.15) is 35.6 Å². The Kier molecular flexibility index (Phi) is 7.02. The van der Waals surface area contributed by atoms with E-state index < -0.39 is 5.97 Å². The number of hydrogen-bond acceptors (Lipinski definition) is 3. The summed E-state index contributed by atoms with van der Waals surface area (Å²) >= 11 is 0. The van der Waals surface area contributed by atoms with E-state index in [0.717, 1.165) is 38.2 Å². The highest BCUT2D eigenvalue weighted by molar-refractivity contribution is 5.67. The van der Waals surface area contributed by atoms with Crippen molar-refractivity contribution in [2.75, 3.05) is 19.7 Å². The van der Waals surface area contributed by atoms with E-state index in [1.54, 1.807) is 0 Å². The minimum Gasteiger partial charge on any atom is -0.481 e. The molecule has 0 aliphatic carbocycles. The molecule has 0 saturated carbocycles. The van der Waals surface area contributed by atoms with Crippen molar-refractivity contribution >= 4 is 5.97 Å². The summed E-state index contributed by atoms with van der Waals surface area (Å²) in [6.07, 6.45) is 1.85. The van der Waals surface area contributed by atoms with E-state index in [-0.39, 0.29) is 6.42 Å². The van der Waals surface area contributed by atoms with Crippen LogP contribution in [0.5, 0.6) is 0 Å². The smallest absolute Gasteiger partial charge is 0.303 e. The van der Waals surface area contributed by atoms with Crippen LogP contribution in [0.2, 0.25) is 0 Å². The number of carboxylic acid groups (broad SMARTS) is 1. The highest BCUT2D eigenvalue weighted by Gasteiger charge is 2.18. The van der Waals surface area contributed by atoms with Gasteiger partial charge in [0.1, 0.15) is 0 Å². The van der Waals surface area contributed by atoms with Gasteiger partial charge in [0.2, 0.25) is 0 Å². The Balaban J connectivity index is 1.44. The number of ether oxygens (including phenoxy) is 1. The molecule has 1 aliphatic heterocycles. The molecule has 1 N–H and O–H groups in total. The van der Waals surface area contributed by atoms with E-state index >= 15 is 0 Å². The van der Waals surface area contributed by atoms with Gasteiger partial charge in [-0.05, 0) is 41.0 Å². The fraction of sp³-hybridized carbons (Fsp3) is 0.435. The summed E-state index contributed by atoms with van der Waals surface area (Å²) in [6, 6.07) is 16.7. The molecular weight excluding hydrogens is 338 g/mol. The molecule has 1 atom stereocenters. The Labute approximate surface area is 161 Å². The topological polar surface area (TPSA) is 49.8 Å². The first-order valence-electron chi connectivity index (χ1n) is 9.76. The zero-order valence-electron chi connectivity index (χ0n) is 16.1. The van der Waals surface area contributed by atoms with E-state index in [0.29, 0.717) is 18.9 Å². The SMILES string of the molecule is CC(COCc1ccccc1)CN1CCc2cc(CCC(=O)O)ccc2C1. The molecule has 27 heavy (non-hydrogen) atoms. The van der Waals surface area contributed by atoms with Crippen molar-refractivity contribution in [1.29, 1.82) is 0 Å². The number of carboxylic acids is 1. The monoisotopic (exact) mass is 367 g/mol. The summed E-state index contributed by atoms with van der Waals surface area (Å²) in [6.45, 7) is 6.75. The maximum atomic E-state index is 10.7. The van der Waals surface area contributed by atoms with Gasteiger partial charge in [0.25, 0.3) is 0 Å². The number of rotatable bonds is 9. The predicted molar refractivity (Wildman–Crippen MR) is 107 cm³/mol. The van der Waals surface area contributed by atoms with Crippen LogP contribution in [-0.2, 0) is 35.5 Å². The van der Waals surface area contributed by atoms with E-state index in [1.165, 1.54) is 16.7 Å². The summed E-state index contributed by atoms with van der Waals surface area (Å²) in [5, 5.41) is 8.84. The number of aryl methyl sites for hydroxylation is 1. The van der Waals surface area contributed by atoms with Crippen molar-refractivity contribution in [2.24, 2.45) is 5.92 Å². The molecule has 0 spiro atoms. The van der Waals surface area contributed by atoms with Crippen molar-refractivity contribution in [3.8, 4) is 0 Å². The number of carbonyl (C=O) groups is 1. The van der Waals surface area contributed by atoms with Gasteiger partial charge in [-0.25, -0.2) is 0 Å². The molecule has 2 aromatic carbocycles. The Morgan fingerprint density at radius 2 is 1.96 bits per heavy atom. The minimum absolute atomic E-state index is 0.200. The molecule has 1 unspecified atom stereocenters. The Bertz CT molecular complexity index is 745. The van der Waals surface area contributed by atoms with Gasteiger partial charge in [0.15, 0.2) is 0 Å². The summed E-state index contributed by atoms with van der Waals surface area (Å²) in [5.41, 5.74) is 5.10. The van der Waals surface area contributed by atoms with Crippen LogP contribution in [0.3, 0.4) is 0 Å². The second-order valence-electron chi connectivity index (χ2n) is 7.59. The van der Waals surface area contributed by atoms with Gasteiger partial charge in [0.05, 0.1) is 13.2 Å². The van der Waals surface area contributed by atoms with Crippen LogP contribution in [-0.4, -0.2) is 35.7 Å². The second kappa shape index (κ2) is 9.67. The number of fused-ring (bicyclic) bond motifs is 1. The standard InChI is InChI=1S/C23H29NO3/c1-18(16-27-17-20-5-3-2-4-6-20)14-24-12-11-21-13-19(8-10-23(25)26)7-9-22(21)15-24/h2-7,9,13,18H,8,10-12,14-17H2,1H3,(H,25,26). The van der Waals surface area contributed by atoms with Crippen LogP contribution >= 0.6 is 0 Å². The summed E-state index contributed by atoms with van der Waals surface area (Å²) in [5.74, 6) is -0.243. The van der Waals surface area contributed by atoms with Gasteiger partial charge in [-0.3, -0.25) is 9.69 Å². The predicted octanol–water partition coefficient (Wildman–Crippen LogP) is 3.91. The molecular formula is C23H29NO3. The molecule has 4 nitrogen and oxygen atoms in total. The third-order valence-corrected chi connectivity index (χ3v) is 5.07. The highest BCUT2D eigenvalue weighted by atomic mass is 16.5. The van der Waals surface area contributed by atoms with Gasteiger partial charge in [-0.15, -0.1) is 0 Å². The average molecular weight is 367 g/mol. The molecule has 0 radical (unpaired) electrons. The molecule has 1 heterocycles. The van der Waals surface area contributed by atoms with Crippen LogP contribution in [0.4, 0.5) is 0 Å². The Hall–Kier alpha value is -2.17. The zero-order valence-corrected chi connectivity index (χ0v) is 16.1. The summed E-state index contributed by atoms with van der Waals surface area (Å²) < 4.78 is 5.88. The number of hydrogen-bond donors (Lipinski definition) is 1. The molecule has 0 bridgehead atoms. The molecule has 1 aliphatic rings.